The fraction of sp³-hybridized carbons (Fsp3) is 0.312. The largest absolute Gasteiger partial charge is 0.347 e. The second-order valence-electron chi connectivity index (χ2n) is 5.62. The second-order valence-corrected chi connectivity index (χ2v) is 5.62. The Hall–Kier alpha value is -2.67. The summed E-state index contributed by atoms with van der Waals surface area (Å²) >= 11 is 0. The molecule has 1 aromatic carbocycles. The van der Waals surface area contributed by atoms with Crippen LogP contribution in [0, 0.1) is 13.8 Å². The topological polar surface area (TPSA) is 102 Å². The number of aromatic amines is 1. The molecule has 2 aromatic heterocycles. The predicted octanol–water partition coefficient (Wildman–Crippen LogP) is 1.23. The minimum absolute atomic E-state index is 0.246. The minimum atomic E-state index is -0.747. The van der Waals surface area contributed by atoms with Crippen LogP contribution in [0.5, 0.6) is 0 Å². The lowest BCUT2D eigenvalue weighted by molar-refractivity contribution is -0.122. The van der Waals surface area contributed by atoms with Crippen LogP contribution in [0.3, 0.4) is 0 Å². The Kier molecular flexibility index (Phi) is 3.87. The minimum Gasteiger partial charge on any atom is -0.347 e. The number of carbonyl (C=O) groups is 1. The normalized spacial score (nSPS) is 12.5. The summed E-state index contributed by atoms with van der Waals surface area (Å²) in [6.45, 7) is 4.01. The van der Waals surface area contributed by atoms with Crippen molar-refractivity contribution in [3.63, 3.8) is 0 Å². The van der Waals surface area contributed by atoms with Gasteiger partial charge in [0.1, 0.15) is 11.9 Å². The molecule has 7 heteroatoms. The first-order valence-electron chi connectivity index (χ1n) is 7.44. The summed E-state index contributed by atoms with van der Waals surface area (Å²) < 4.78 is 1.97. The lowest BCUT2D eigenvalue weighted by atomic mass is 10.1. The number of hydrogen-bond acceptors (Lipinski definition) is 4. The molecule has 7 nitrogen and oxygen atoms in total. The number of benzene rings is 1. The number of hydrogen-bond donors (Lipinski definition) is 3. The molecule has 0 saturated carbocycles. The van der Waals surface area contributed by atoms with Gasteiger partial charge in [-0.15, -0.1) is 0 Å². The monoisotopic (exact) mass is 312 g/mol. The third kappa shape index (κ3) is 2.70. The van der Waals surface area contributed by atoms with Gasteiger partial charge in [-0.2, -0.15) is 5.10 Å². The molecule has 0 unspecified atom stereocenters. The number of carbonyl (C=O) groups excluding carboxylic acids is 1. The summed E-state index contributed by atoms with van der Waals surface area (Å²) in [4.78, 5) is 16.9. The van der Waals surface area contributed by atoms with Crippen molar-refractivity contribution in [1.82, 2.24) is 25.1 Å². The van der Waals surface area contributed by atoms with Gasteiger partial charge in [-0.05, 0) is 26.0 Å². The number of aromatic nitrogens is 4. The molecule has 4 N–H and O–H groups in total. The van der Waals surface area contributed by atoms with E-state index < -0.39 is 6.04 Å². The number of para-hydroxylation sites is 2. The number of nitrogens with two attached hydrogens (primary N) is 1. The first-order valence-corrected chi connectivity index (χ1v) is 7.44. The number of H-pyrrole nitrogens is 1. The van der Waals surface area contributed by atoms with E-state index in [9.17, 15) is 4.79 Å². The molecule has 3 rings (SSSR count). The third-order valence-electron chi connectivity index (χ3n) is 4.08. The summed E-state index contributed by atoms with van der Waals surface area (Å²) in [6, 6.07) is 7.11. The molecule has 3 aromatic rings. The number of nitrogens with one attached hydrogen (secondary N) is 2. The molecule has 0 aliphatic carbocycles. The quantitative estimate of drug-likeness (QED) is 0.674. The number of fused-ring (bicyclic) bond motifs is 1. The standard InChI is InChI=1S/C16H20N6O/c1-9-14(10(2)21-20-9)15(17)16(23)18-8-13-19-11-6-4-5-7-12(11)22(13)3/h4-7,15H,8,17H2,1-3H3,(H,18,23)(H,20,21)/t15-/m0/s1. The summed E-state index contributed by atoms with van der Waals surface area (Å²) in [7, 11) is 1.93. The van der Waals surface area contributed by atoms with Crippen LogP contribution in [0.15, 0.2) is 24.3 Å². The highest BCUT2D eigenvalue weighted by Crippen LogP contribution is 2.18. The van der Waals surface area contributed by atoms with Gasteiger partial charge < -0.3 is 15.6 Å². The molecule has 0 radical (unpaired) electrons. The van der Waals surface area contributed by atoms with Crippen LogP contribution < -0.4 is 11.1 Å². The predicted molar refractivity (Wildman–Crippen MR) is 87.6 cm³/mol. The summed E-state index contributed by atoms with van der Waals surface area (Å²) in [6.07, 6.45) is 0. The number of rotatable bonds is 4. The Bertz CT molecular complexity index is 843. The maximum Gasteiger partial charge on any atom is 0.242 e. The Balaban J connectivity index is 1.74. The van der Waals surface area contributed by atoms with E-state index in [4.69, 9.17) is 5.73 Å². The first-order chi connectivity index (χ1) is 11.0. The van der Waals surface area contributed by atoms with Gasteiger partial charge >= 0.3 is 0 Å². The summed E-state index contributed by atoms with van der Waals surface area (Å²) in [5, 5.41) is 9.78. The van der Waals surface area contributed by atoms with Crippen LogP contribution in [0.4, 0.5) is 0 Å². The van der Waals surface area contributed by atoms with Crippen LogP contribution in [0.25, 0.3) is 11.0 Å². The van der Waals surface area contributed by atoms with E-state index in [1.54, 1.807) is 0 Å². The molecule has 0 aliphatic heterocycles. The van der Waals surface area contributed by atoms with Crippen molar-refractivity contribution in [3.05, 3.63) is 47.0 Å². The maximum atomic E-state index is 12.3. The summed E-state index contributed by atoms with van der Waals surface area (Å²) in [5.41, 5.74) is 10.3. The van der Waals surface area contributed by atoms with E-state index in [1.807, 2.05) is 49.7 Å². The van der Waals surface area contributed by atoms with Crippen molar-refractivity contribution in [1.29, 1.82) is 0 Å². The number of nitrogens with zero attached hydrogens (tertiary/aromatic N) is 3. The second kappa shape index (κ2) is 5.85. The fourth-order valence-electron chi connectivity index (χ4n) is 2.78. The van der Waals surface area contributed by atoms with Gasteiger partial charge in [-0.25, -0.2) is 4.98 Å². The van der Waals surface area contributed by atoms with Crippen LogP contribution in [-0.4, -0.2) is 25.7 Å². The average Bonchev–Trinajstić information content (AvgIpc) is 3.05. The molecular formula is C16H20N6O. The highest BCUT2D eigenvalue weighted by Gasteiger charge is 2.22. The molecule has 2 heterocycles. The molecule has 0 saturated heterocycles. The zero-order valence-corrected chi connectivity index (χ0v) is 13.4. The smallest absolute Gasteiger partial charge is 0.242 e. The van der Waals surface area contributed by atoms with Gasteiger partial charge in [0.25, 0.3) is 0 Å². The van der Waals surface area contributed by atoms with E-state index in [0.717, 1.165) is 33.8 Å². The zero-order valence-electron chi connectivity index (χ0n) is 13.4. The number of aryl methyl sites for hydroxylation is 3. The Morgan fingerprint density at radius 3 is 2.78 bits per heavy atom. The Labute approximate surface area is 133 Å². The zero-order chi connectivity index (χ0) is 16.6. The van der Waals surface area contributed by atoms with E-state index in [2.05, 4.69) is 20.5 Å². The molecule has 0 aliphatic rings. The Morgan fingerprint density at radius 1 is 1.39 bits per heavy atom. The van der Waals surface area contributed by atoms with Gasteiger partial charge in [-0.3, -0.25) is 9.89 Å². The number of amides is 1. The van der Waals surface area contributed by atoms with Gasteiger partial charge in [-0.1, -0.05) is 12.1 Å². The molecule has 120 valence electrons. The highest BCUT2D eigenvalue weighted by molar-refractivity contribution is 5.83. The van der Waals surface area contributed by atoms with Crippen molar-refractivity contribution in [2.45, 2.75) is 26.4 Å². The first kappa shape index (κ1) is 15.2. The molecule has 0 bridgehead atoms. The van der Waals surface area contributed by atoms with Gasteiger partial charge in [0.15, 0.2) is 0 Å². The maximum absolute atomic E-state index is 12.3. The van der Waals surface area contributed by atoms with Crippen molar-refractivity contribution < 1.29 is 4.79 Å². The lowest BCUT2D eigenvalue weighted by Crippen LogP contribution is -2.34. The van der Waals surface area contributed by atoms with Crippen LogP contribution in [0.1, 0.15) is 28.8 Å². The molecule has 0 spiro atoms. The fourth-order valence-corrected chi connectivity index (χ4v) is 2.78. The molecule has 1 atom stereocenters. The number of imidazole rings is 1. The van der Waals surface area contributed by atoms with E-state index >= 15 is 0 Å². The van der Waals surface area contributed by atoms with Crippen molar-refractivity contribution >= 4 is 16.9 Å². The summed E-state index contributed by atoms with van der Waals surface area (Å²) in [5.74, 6) is 0.539. The van der Waals surface area contributed by atoms with Crippen LogP contribution >= 0.6 is 0 Å². The average molecular weight is 312 g/mol. The third-order valence-corrected chi connectivity index (χ3v) is 4.08. The lowest BCUT2D eigenvalue weighted by Gasteiger charge is -2.12. The van der Waals surface area contributed by atoms with Gasteiger partial charge in [0.05, 0.1) is 23.3 Å². The van der Waals surface area contributed by atoms with E-state index in [1.165, 1.54) is 0 Å². The van der Waals surface area contributed by atoms with Gasteiger partial charge in [0.2, 0.25) is 5.91 Å². The van der Waals surface area contributed by atoms with Crippen LogP contribution in [0.2, 0.25) is 0 Å². The van der Waals surface area contributed by atoms with E-state index in [0.29, 0.717) is 6.54 Å². The van der Waals surface area contributed by atoms with Crippen molar-refractivity contribution in [2.24, 2.45) is 12.8 Å². The highest BCUT2D eigenvalue weighted by atomic mass is 16.2. The van der Waals surface area contributed by atoms with Crippen LogP contribution in [-0.2, 0) is 18.4 Å². The van der Waals surface area contributed by atoms with Crippen molar-refractivity contribution in [3.8, 4) is 0 Å². The Morgan fingerprint density at radius 2 is 2.13 bits per heavy atom. The molecular weight excluding hydrogens is 292 g/mol. The molecule has 1 amide bonds. The SMILES string of the molecule is Cc1n[nH]c(C)c1[C@H](N)C(=O)NCc1nc2ccccc2n1C. The molecule has 23 heavy (non-hydrogen) atoms. The van der Waals surface area contributed by atoms with E-state index in [-0.39, 0.29) is 5.91 Å². The molecule has 0 fully saturated rings. The van der Waals surface area contributed by atoms with Crippen molar-refractivity contribution in [2.75, 3.05) is 0 Å². The van der Waals surface area contributed by atoms with Gasteiger partial charge in [0, 0.05) is 18.3 Å².